The van der Waals surface area contributed by atoms with Gasteiger partial charge in [0.2, 0.25) is 0 Å². The first-order chi connectivity index (χ1) is 12.3. The van der Waals surface area contributed by atoms with Crippen LogP contribution in [0.15, 0.2) is 32.8 Å². The molecule has 4 heterocycles. The summed E-state index contributed by atoms with van der Waals surface area (Å²) in [5, 5.41) is 5.67. The van der Waals surface area contributed by atoms with Crippen molar-refractivity contribution < 1.29 is 4.74 Å². The fourth-order valence-electron chi connectivity index (χ4n) is 3.11. The van der Waals surface area contributed by atoms with Gasteiger partial charge in [-0.25, -0.2) is 4.98 Å². The van der Waals surface area contributed by atoms with Crippen LogP contribution in [0.4, 0.5) is 0 Å². The monoisotopic (exact) mass is 392 g/mol. The van der Waals surface area contributed by atoms with E-state index in [2.05, 4.69) is 11.4 Å². The van der Waals surface area contributed by atoms with Gasteiger partial charge in [-0.3, -0.25) is 9.36 Å². The van der Waals surface area contributed by atoms with Gasteiger partial charge in [-0.05, 0) is 37.6 Å². The number of hydrogen-bond donors (Lipinski definition) is 0. The van der Waals surface area contributed by atoms with Gasteiger partial charge >= 0.3 is 0 Å². The molecule has 25 heavy (non-hydrogen) atoms. The third kappa shape index (κ3) is 3.43. The zero-order valence-corrected chi connectivity index (χ0v) is 16.5. The van der Waals surface area contributed by atoms with Crippen molar-refractivity contribution in [2.75, 3.05) is 12.4 Å². The molecule has 0 N–H and O–H groups in total. The van der Waals surface area contributed by atoms with Crippen molar-refractivity contribution in [1.29, 1.82) is 0 Å². The largest absolute Gasteiger partial charge is 0.377 e. The maximum atomic E-state index is 13.1. The number of rotatable bonds is 5. The number of thiophene rings is 2. The van der Waals surface area contributed by atoms with Crippen molar-refractivity contribution in [3.63, 3.8) is 0 Å². The third-order valence-electron chi connectivity index (χ3n) is 4.43. The van der Waals surface area contributed by atoms with Gasteiger partial charge in [-0.2, -0.15) is 0 Å². The minimum Gasteiger partial charge on any atom is -0.377 e. The molecule has 4 rings (SSSR count). The number of hydrogen-bond acceptors (Lipinski definition) is 6. The first-order valence-electron chi connectivity index (χ1n) is 8.58. The molecule has 1 atom stereocenters. The van der Waals surface area contributed by atoms with E-state index in [1.807, 2.05) is 18.4 Å². The third-order valence-corrected chi connectivity index (χ3v) is 7.32. The van der Waals surface area contributed by atoms with E-state index in [0.29, 0.717) is 6.54 Å². The first-order valence-corrected chi connectivity index (χ1v) is 11.3. The molecule has 0 saturated carbocycles. The summed E-state index contributed by atoms with van der Waals surface area (Å²) in [5.74, 6) is 0.862. The van der Waals surface area contributed by atoms with E-state index < -0.39 is 0 Å². The Labute approximate surface area is 158 Å². The zero-order valence-electron chi connectivity index (χ0n) is 14.1. The lowest BCUT2D eigenvalue weighted by molar-refractivity contribution is 0.0315. The van der Waals surface area contributed by atoms with Crippen LogP contribution in [0.3, 0.4) is 0 Å². The van der Waals surface area contributed by atoms with Crippen molar-refractivity contribution in [2.24, 2.45) is 0 Å². The van der Waals surface area contributed by atoms with Crippen LogP contribution in [0.25, 0.3) is 20.7 Å². The molecule has 0 unspecified atom stereocenters. The summed E-state index contributed by atoms with van der Waals surface area (Å²) in [5.41, 5.74) is 1.09. The fraction of sp³-hybridized carbons (Fsp3) is 0.444. The molecule has 0 bridgehead atoms. The Bertz CT molecular complexity index is 908. The van der Waals surface area contributed by atoms with E-state index in [0.717, 1.165) is 51.0 Å². The molecule has 4 nitrogen and oxygen atoms in total. The van der Waals surface area contributed by atoms with Gasteiger partial charge in [0.1, 0.15) is 4.83 Å². The van der Waals surface area contributed by atoms with Gasteiger partial charge in [0.15, 0.2) is 5.16 Å². The standard InChI is InChI=1S/C18H20N2O2S3/c1-2-20-17(21)15-13(14-7-5-9-23-14)11-24-16(15)19-18(20)25-10-12-6-3-4-8-22-12/h5,7,9,11-12H,2-4,6,8,10H2,1H3/t12-/m1/s1. The van der Waals surface area contributed by atoms with Crippen LogP contribution >= 0.6 is 34.4 Å². The van der Waals surface area contributed by atoms with Crippen LogP contribution in [0.5, 0.6) is 0 Å². The topological polar surface area (TPSA) is 44.1 Å². The molecule has 132 valence electrons. The number of nitrogens with zero attached hydrogens (tertiary/aromatic N) is 2. The summed E-state index contributed by atoms with van der Waals surface area (Å²) >= 11 is 4.87. The van der Waals surface area contributed by atoms with Crippen molar-refractivity contribution in [3.05, 3.63) is 33.2 Å². The van der Waals surface area contributed by atoms with Crippen molar-refractivity contribution in [2.45, 2.75) is 44.0 Å². The van der Waals surface area contributed by atoms with E-state index in [4.69, 9.17) is 9.72 Å². The average molecular weight is 393 g/mol. The Morgan fingerprint density at radius 1 is 1.40 bits per heavy atom. The molecule has 1 fully saturated rings. The molecule has 0 radical (unpaired) electrons. The molecule has 0 spiro atoms. The Hall–Kier alpha value is -1.15. The highest BCUT2D eigenvalue weighted by molar-refractivity contribution is 7.99. The Morgan fingerprint density at radius 3 is 3.04 bits per heavy atom. The molecule has 7 heteroatoms. The van der Waals surface area contributed by atoms with Crippen LogP contribution in [-0.4, -0.2) is 28.0 Å². The van der Waals surface area contributed by atoms with Crippen LogP contribution < -0.4 is 5.56 Å². The summed E-state index contributed by atoms with van der Waals surface area (Å²) in [6.07, 6.45) is 3.77. The molecule has 0 aromatic carbocycles. The second kappa shape index (κ2) is 7.61. The van der Waals surface area contributed by atoms with Crippen molar-refractivity contribution in [1.82, 2.24) is 9.55 Å². The lowest BCUT2D eigenvalue weighted by atomic mass is 10.1. The first kappa shape index (κ1) is 17.3. The maximum Gasteiger partial charge on any atom is 0.263 e. The summed E-state index contributed by atoms with van der Waals surface area (Å²) in [4.78, 5) is 19.9. The Balaban J connectivity index is 1.69. The molecular weight excluding hydrogens is 372 g/mol. The van der Waals surface area contributed by atoms with Gasteiger partial charge in [-0.1, -0.05) is 17.8 Å². The van der Waals surface area contributed by atoms with Gasteiger partial charge in [0, 0.05) is 34.7 Å². The van der Waals surface area contributed by atoms with Gasteiger partial charge in [0.25, 0.3) is 5.56 Å². The SMILES string of the molecule is CCn1c(SC[C@H]2CCCCO2)nc2scc(-c3cccs3)c2c1=O. The molecule has 0 aliphatic carbocycles. The highest BCUT2D eigenvalue weighted by Crippen LogP contribution is 2.34. The Kier molecular flexibility index (Phi) is 5.26. The highest BCUT2D eigenvalue weighted by Gasteiger charge is 2.19. The minimum absolute atomic E-state index is 0.0733. The number of thioether (sulfide) groups is 1. The number of ether oxygens (including phenoxy) is 1. The lowest BCUT2D eigenvalue weighted by Crippen LogP contribution is -2.24. The van der Waals surface area contributed by atoms with E-state index in [1.54, 1.807) is 39.0 Å². The average Bonchev–Trinajstić information content (AvgIpc) is 3.30. The number of aromatic nitrogens is 2. The van der Waals surface area contributed by atoms with E-state index >= 15 is 0 Å². The van der Waals surface area contributed by atoms with Gasteiger partial charge < -0.3 is 4.74 Å². The molecule has 3 aromatic rings. The lowest BCUT2D eigenvalue weighted by Gasteiger charge is -2.22. The van der Waals surface area contributed by atoms with Crippen LogP contribution in [0.1, 0.15) is 26.2 Å². The summed E-state index contributed by atoms with van der Waals surface area (Å²) in [6, 6.07) is 4.08. The summed E-state index contributed by atoms with van der Waals surface area (Å²) < 4.78 is 7.62. The van der Waals surface area contributed by atoms with Crippen LogP contribution in [0, 0.1) is 0 Å². The van der Waals surface area contributed by atoms with E-state index in [-0.39, 0.29) is 11.7 Å². The predicted molar refractivity (Wildman–Crippen MR) is 107 cm³/mol. The summed E-state index contributed by atoms with van der Waals surface area (Å²) in [6.45, 7) is 3.50. The van der Waals surface area contributed by atoms with Crippen molar-refractivity contribution >= 4 is 44.7 Å². The highest BCUT2D eigenvalue weighted by atomic mass is 32.2. The normalized spacial score (nSPS) is 18.0. The molecule has 1 saturated heterocycles. The minimum atomic E-state index is 0.0733. The quantitative estimate of drug-likeness (QED) is 0.459. The van der Waals surface area contributed by atoms with Gasteiger partial charge in [0.05, 0.1) is 11.5 Å². The van der Waals surface area contributed by atoms with Crippen LogP contribution in [0.2, 0.25) is 0 Å². The zero-order chi connectivity index (χ0) is 17.2. The van der Waals surface area contributed by atoms with E-state index in [1.165, 1.54) is 6.42 Å². The second-order valence-electron chi connectivity index (χ2n) is 6.05. The van der Waals surface area contributed by atoms with E-state index in [9.17, 15) is 4.79 Å². The molecule has 1 aliphatic heterocycles. The van der Waals surface area contributed by atoms with Gasteiger partial charge in [-0.15, -0.1) is 22.7 Å². The predicted octanol–water partition coefficient (Wildman–Crippen LogP) is 4.87. The smallest absolute Gasteiger partial charge is 0.263 e. The van der Waals surface area contributed by atoms with Crippen LogP contribution in [-0.2, 0) is 11.3 Å². The van der Waals surface area contributed by atoms with Crippen molar-refractivity contribution in [3.8, 4) is 10.4 Å². The molecule has 0 amide bonds. The second-order valence-corrected chi connectivity index (χ2v) is 8.84. The fourth-order valence-corrected chi connectivity index (χ4v) is 6.05. The molecule has 1 aliphatic rings. The number of fused-ring (bicyclic) bond motifs is 1. The summed E-state index contributed by atoms with van der Waals surface area (Å²) in [7, 11) is 0. The molecule has 3 aromatic heterocycles. The molecular formula is C18H20N2O2S3. The Morgan fingerprint density at radius 2 is 2.32 bits per heavy atom. The maximum absolute atomic E-state index is 13.1.